The maximum absolute atomic E-state index is 14.3. The van der Waals surface area contributed by atoms with Crippen molar-refractivity contribution in [3.63, 3.8) is 0 Å². The number of halogens is 1. The molecule has 0 aliphatic heterocycles. The van der Waals surface area contributed by atoms with Gasteiger partial charge in [-0.15, -0.1) is 0 Å². The molecule has 174 valence electrons. The Morgan fingerprint density at radius 3 is 2.39 bits per heavy atom. The number of rotatable bonds is 8. The van der Waals surface area contributed by atoms with Gasteiger partial charge >= 0.3 is 0 Å². The normalized spacial score (nSPS) is 11.2. The second kappa shape index (κ2) is 10.4. The molecule has 3 aromatic rings. The van der Waals surface area contributed by atoms with Crippen LogP contribution in [0, 0.1) is 24.6 Å². The third-order valence-corrected chi connectivity index (χ3v) is 5.19. The van der Waals surface area contributed by atoms with Gasteiger partial charge in [-0.25, -0.2) is 9.37 Å². The highest BCUT2D eigenvalue weighted by atomic mass is 19.1. The van der Waals surface area contributed by atoms with E-state index >= 15 is 0 Å². The fraction of sp³-hybridized carbons (Fsp3) is 0.346. The molecule has 1 aromatic heterocycles. The van der Waals surface area contributed by atoms with Crippen molar-refractivity contribution < 1.29 is 14.0 Å². The molecule has 7 heteroatoms. The number of amides is 2. The van der Waals surface area contributed by atoms with E-state index in [0.29, 0.717) is 23.5 Å². The first kappa shape index (κ1) is 24.2. The lowest BCUT2D eigenvalue weighted by Gasteiger charge is -2.25. The molecule has 6 nitrogen and oxygen atoms in total. The van der Waals surface area contributed by atoms with E-state index in [1.165, 1.54) is 6.07 Å². The van der Waals surface area contributed by atoms with Gasteiger partial charge in [-0.2, -0.15) is 0 Å². The van der Waals surface area contributed by atoms with Crippen LogP contribution in [0.4, 0.5) is 10.3 Å². The van der Waals surface area contributed by atoms with Crippen LogP contribution < -0.4 is 5.32 Å². The van der Waals surface area contributed by atoms with Crippen LogP contribution in [0.2, 0.25) is 0 Å². The van der Waals surface area contributed by atoms with E-state index in [1.807, 2.05) is 58.0 Å². The van der Waals surface area contributed by atoms with Gasteiger partial charge < -0.3 is 4.90 Å². The summed E-state index contributed by atoms with van der Waals surface area (Å²) in [5.74, 6) is -0.494. The van der Waals surface area contributed by atoms with Crippen LogP contribution in [0.3, 0.4) is 0 Å². The van der Waals surface area contributed by atoms with Gasteiger partial charge in [0.1, 0.15) is 5.82 Å². The molecule has 0 bridgehead atoms. The fourth-order valence-electron chi connectivity index (χ4n) is 3.52. The topological polar surface area (TPSA) is 67.2 Å². The van der Waals surface area contributed by atoms with E-state index in [1.54, 1.807) is 34.7 Å². The average molecular weight is 451 g/mol. The summed E-state index contributed by atoms with van der Waals surface area (Å²) in [5, 5.41) is 2.83. The third-order valence-electron chi connectivity index (χ3n) is 5.19. The molecule has 0 saturated heterocycles. The van der Waals surface area contributed by atoms with Crippen molar-refractivity contribution in [1.82, 2.24) is 14.5 Å². The average Bonchev–Trinajstić information content (AvgIpc) is 3.18. The summed E-state index contributed by atoms with van der Waals surface area (Å²) < 4.78 is 15.9. The Labute approximate surface area is 194 Å². The maximum atomic E-state index is 14.3. The molecule has 2 amide bonds. The van der Waals surface area contributed by atoms with Crippen molar-refractivity contribution in [3.8, 4) is 16.9 Å². The summed E-state index contributed by atoms with van der Waals surface area (Å²) in [7, 11) is 0. The summed E-state index contributed by atoms with van der Waals surface area (Å²) in [6, 6.07) is 14.4. The second-order valence-corrected chi connectivity index (χ2v) is 8.93. The lowest BCUT2D eigenvalue weighted by atomic mass is 10.1. The number of nitrogens with zero attached hydrogens (tertiary/aromatic N) is 3. The molecule has 0 atom stereocenters. The van der Waals surface area contributed by atoms with Gasteiger partial charge in [0.2, 0.25) is 17.8 Å². The molecule has 0 spiro atoms. The first-order chi connectivity index (χ1) is 15.7. The van der Waals surface area contributed by atoms with Gasteiger partial charge in [-0.3, -0.25) is 19.5 Å². The number of hydrogen-bond acceptors (Lipinski definition) is 3. The molecule has 0 aliphatic carbocycles. The molecule has 1 N–H and O–H groups in total. The number of carbonyl (C=O) groups is 2. The predicted octanol–water partition coefficient (Wildman–Crippen LogP) is 5.07. The zero-order valence-corrected chi connectivity index (χ0v) is 19.8. The molecule has 0 fully saturated rings. The number of imidazole rings is 1. The highest BCUT2D eigenvalue weighted by molar-refractivity contribution is 5.94. The lowest BCUT2D eigenvalue weighted by Crippen LogP contribution is -2.42. The highest BCUT2D eigenvalue weighted by Gasteiger charge is 2.22. The van der Waals surface area contributed by atoms with E-state index in [2.05, 4.69) is 10.3 Å². The summed E-state index contributed by atoms with van der Waals surface area (Å²) in [5.41, 5.74) is 2.59. The maximum Gasteiger partial charge on any atom is 0.246 e. The molecule has 0 radical (unpaired) electrons. The predicted molar refractivity (Wildman–Crippen MR) is 129 cm³/mol. The molecule has 0 aliphatic rings. The number of carbonyl (C=O) groups excluding carboxylic acids is 2. The van der Waals surface area contributed by atoms with Crippen LogP contribution in [-0.4, -0.2) is 39.4 Å². The minimum Gasteiger partial charge on any atom is -0.333 e. The number of hydrogen-bond donors (Lipinski definition) is 1. The van der Waals surface area contributed by atoms with Crippen molar-refractivity contribution in [1.29, 1.82) is 0 Å². The van der Waals surface area contributed by atoms with Gasteiger partial charge in [0.05, 0.1) is 17.9 Å². The van der Waals surface area contributed by atoms with E-state index in [9.17, 15) is 14.0 Å². The van der Waals surface area contributed by atoms with E-state index in [4.69, 9.17) is 0 Å². The van der Waals surface area contributed by atoms with Crippen LogP contribution in [0.25, 0.3) is 16.9 Å². The lowest BCUT2D eigenvalue weighted by molar-refractivity contribution is -0.138. The minimum atomic E-state index is -0.358. The largest absolute Gasteiger partial charge is 0.333 e. The summed E-state index contributed by atoms with van der Waals surface area (Å²) >= 11 is 0. The third kappa shape index (κ3) is 6.06. The van der Waals surface area contributed by atoms with Gasteiger partial charge in [-0.1, -0.05) is 64.1 Å². The van der Waals surface area contributed by atoms with Crippen LogP contribution in [0.1, 0.15) is 33.3 Å². The van der Waals surface area contributed by atoms with Crippen molar-refractivity contribution in [2.75, 3.05) is 18.4 Å². The summed E-state index contributed by atoms with van der Waals surface area (Å²) in [6.45, 7) is 9.74. The molecule has 0 unspecified atom stereocenters. The fourth-order valence-corrected chi connectivity index (χ4v) is 3.52. The van der Waals surface area contributed by atoms with Gasteiger partial charge in [-0.05, 0) is 30.5 Å². The standard InChI is InChI=1S/C26H31FN4O2/c1-17(2)14-30(25(33)18(3)4)16-24(32)29-26-28-23(20-9-7-6-8-10-20)15-31(26)21-12-11-19(5)22(27)13-21/h6-13,15,17-18H,14,16H2,1-5H3,(H,28,29,32). The van der Waals surface area contributed by atoms with Crippen LogP contribution >= 0.6 is 0 Å². The monoisotopic (exact) mass is 450 g/mol. The van der Waals surface area contributed by atoms with E-state index < -0.39 is 0 Å². The smallest absolute Gasteiger partial charge is 0.246 e. The zero-order valence-electron chi connectivity index (χ0n) is 19.8. The van der Waals surface area contributed by atoms with Crippen molar-refractivity contribution >= 4 is 17.8 Å². The minimum absolute atomic E-state index is 0.0761. The van der Waals surface area contributed by atoms with Crippen molar-refractivity contribution in [2.45, 2.75) is 34.6 Å². The molecule has 1 heterocycles. The van der Waals surface area contributed by atoms with E-state index in [-0.39, 0.29) is 42.0 Å². The number of aromatic nitrogens is 2. The first-order valence-corrected chi connectivity index (χ1v) is 11.2. The highest BCUT2D eigenvalue weighted by Crippen LogP contribution is 2.25. The Bertz CT molecular complexity index is 1120. The molecular weight excluding hydrogens is 419 g/mol. The van der Waals surface area contributed by atoms with Gasteiger partial charge in [0.25, 0.3) is 0 Å². The van der Waals surface area contributed by atoms with Crippen molar-refractivity contribution in [2.24, 2.45) is 11.8 Å². The zero-order chi connectivity index (χ0) is 24.1. The Hall–Kier alpha value is -3.48. The quantitative estimate of drug-likeness (QED) is 0.521. The Kier molecular flexibility index (Phi) is 7.63. The Morgan fingerprint density at radius 1 is 1.09 bits per heavy atom. The second-order valence-electron chi connectivity index (χ2n) is 8.93. The molecular formula is C26H31FN4O2. The number of nitrogens with one attached hydrogen (secondary N) is 1. The first-order valence-electron chi connectivity index (χ1n) is 11.2. The molecule has 33 heavy (non-hydrogen) atoms. The Balaban J connectivity index is 1.93. The van der Waals surface area contributed by atoms with Crippen LogP contribution in [0.15, 0.2) is 54.7 Å². The van der Waals surface area contributed by atoms with Crippen LogP contribution in [0.5, 0.6) is 0 Å². The number of anilines is 1. The van der Waals surface area contributed by atoms with Crippen molar-refractivity contribution in [3.05, 3.63) is 66.1 Å². The van der Waals surface area contributed by atoms with Crippen LogP contribution in [-0.2, 0) is 9.59 Å². The van der Waals surface area contributed by atoms with Gasteiger partial charge in [0, 0.05) is 24.2 Å². The Morgan fingerprint density at radius 2 is 1.79 bits per heavy atom. The number of benzene rings is 2. The number of aryl methyl sites for hydroxylation is 1. The molecule has 0 saturated carbocycles. The molecule has 3 rings (SSSR count). The molecule has 2 aromatic carbocycles. The SMILES string of the molecule is Cc1ccc(-n2cc(-c3ccccc3)nc2NC(=O)CN(CC(C)C)C(=O)C(C)C)cc1F. The van der Waals surface area contributed by atoms with Gasteiger partial charge in [0.15, 0.2) is 0 Å². The summed E-state index contributed by atoms with van der Waals surface area (Å²) in [4.78, 5) is 31.7. The van der Waals surface area contributed by atoms with E-state index in [0.717, 1.165) is 5.56 Å². The summed E-state index contributed by atoms with van der Waals surface area (Å²) in [6.07, 6.45) is 1.76.